The van der Waals surface area contributed by atoms with Gasteiger partial charge in [0.1, 0.15) is 0 Å². The molecule has 166 valence electrons. The number of unbranched alkanes of at least 4 members (excludes halogenated alkanes) is 3. The molecule has 0 aliphatic carbocycles. The molecular weight excluding hydrogens is 368 g/mol. The quantitative estimate of drug-likeness (QED) is 0.384. The summed E-state index contributed by atoms with van der Waals surface area (Å²) < 4.78 is 16.3. The number of carbonyl (C=O) groups is 1. The molecule has 29 heavy (non-hydrogen) atoms. The third kappa shape index (κ3) is 11.1. The molecule has 0 aliphatic rings. The van der Waals surface area contributed by atoms with Gasteiger partial charge < -0.3 is 25.3 Å². The second-order valence-corrected chi connectivity index (χ2v) is 7.47. The fourth-order valence-corrected chi connectivity index (χ4v) is 3.13. The first-order valence-corrected chi connectivity index (χ1v) is 10.9. The Balaban J connectivity index is 2.25. The van der Waals surface area contributed by atoms with Crippen molar-refractivity contribution in [2.75, 3.05) is 40.5 Å². The molecule has 0 fully saturated rings. The molecule has 1 aromatic carbocycles. The van der Waals surface area contributed by atoms with E-state index in [2.05, 4.69) is 17.4 Å². The molecule has 0 radical (unpaired) electrons. The minimum Gasteiger partial charge on any atom is -0.493 e. The van der Waals surface area contributed by atoms with E-state index < -0.39 is 0 Å². The van der Waals surface area contributed by atoms with Crippen LogP contribution < -0.4 is 20.5 Å². The van der Waals surface area contributed by atoms with Gasteiger partial charge in [-0.25, -0.2) is 0 Å². The van der Waals surface area contributed by atoms with Gasteiger partial charge in [0.25, 0.3) is 0 Å². The van der Waals surface area contributed by atoms with E-state index in [1.807, 2.05) is 13.0 Å². The van der Waals surface area contributed by atoms with E-state index >= 15 is 0 Å². The molecule has 0 heterocycles. The summed E-state index contributed by atoms with van der Waals surface area (Å²) in [6.07, 6.45) is 8.18. The average Bonchev–Trinajstić information content (AvgIpc) is 2.73. The number of hydrogen-bond donors (Lipinski definition) is 2. The highest BCUT2D eigenvalue weighted by Crippen LogP contribution is 2.29. The van der Waals surface area contributed by atoms with Gasteiger partial charge in [0.15, 0.2) is 11.5 Å². The van der Waals surface area contributed by atoms with Gasteiger partial charge in [-0.3, -0.25) is 4.79 Å². The van der Waals surface area contributed by atoms with Crippen molar-refractivity contribution >= 4 is 5.91 Å². The molecule has 1 atom stereocenters. The predicted molar refractivity (Wildman–Crippen MR) is 118 cm³/mol. The van der Waals surface area contributed by atoms with E-state index in [4.69, 9.17) is 19.9 Å². The maximum absolute atomic E-state index is 11.9. The summed E-state index contributed by atoms with van der Waals surface area (Å²) in [4.78, 5) is 11.9. The van der Waals surface area contributed by atoms with Crippen LogP contribution in [0.4, 0.5) is 0 Å². The van der Waals surface area contributed by atoms with Crippen molar-refractivity contribution in [3.63, 3.8) is 0 Å². The number of amides is 1. The van der Waals surface area contributed by atoms with Gasteiger partial charge in [-0.15, -0.1) is 0 Å². The molecule has 1 aromatic rings. The molecule has 0 aromatic heterocycles. The lowest BCUT2D eigenvalue weighted by molar-refractivity contribution is -0.124. The van der Waals surface area contributed by atoms with Gasteiger partial charge in [0.2, 0.25) is 5.91 Å². The third-order valence-corrected chi connectivity index (χ3v) is 4.96. The lowest BCUT2D eigenvalue weighted by atomic mass is 10.00. The van der Waals surface area contributed by atoms with Gasteiger partial charge in [-0.1, -0.05) is 32.3 Å². The van der Waals surface area contributed by atoms with Crippen LogP contribution >= 0.6 is 0 Å². The Morgan fingerprint density at radius 1 is 1.03 bits per heavy atom. The van der Waals surface area contributed by atoms with Crippen LogP contribution in [0.5, 0.6) is 11.5 Å². The molecule has 1 amide bonds. The maximum Gasteiger partial charge on any atom is 0.222 e. The average molecular weight is 409 g/mol. The Morgan fingerprint density at radius 2 is 1.83 bits per heavy atom. The van der Waals surface area contributed by atoms with Crippen LogP contribution in [0.15, 0.2) is 18.2 Å². The molecular formula is C23H40N2O4. The van der Waals surface area contributed by atoms with Crippen LogP contribution in [-0.4, -0.2) is 46.4 Å². The second-order valence-electron chi connectivity index (χ2n) is 7.47. The fourth-order valence-electron chi connectivity index (χ4n) is 3.13. The summed E-state index contributed by atoms with van der Waals surface area (Å²) in [5.74, 6) is 1.79. The van der Waals surface area contributed by atoms with E-state index in [0.717, 1.165) is 62.9 Å². The highest BCUT2D eigenvalue weighted by molar-refractivity contribution is 5.78. The number of nitrogens with two attached hydrogens (primary N) is 1. The van der Waals surface area contributed by atoms with Crippen LogP contribution in [-0.2, 0) is 16.0 Å². The smallest absolute Gasteiger partial charge is 0.222 e. The van der Waals surface area contributed by atoms with Crippen LogP contribution in [0, 0.1) is 5.92 Å². The van der Waals surface area contributed by atoms with Gasteiger partial charge in [-0.2, -0.15) is 0 Å². The SMILES string of the molecule is COCCCOc1cc(CCCCCC[C@@H](C)C(=O)NCCCN)ccc1OC. The number of ether oxygens (including phenoxy) is 3. The van der Waals surface area contributed by atoms with E-state index in [-0.39, 0.29) is 11.8 Å². The summed E-state index contributed by atoms with van der Waals surface area (Å²) in [6.45, 7) is 4.61. The van der Waals surface area contributed by atoms with Crippen LogP contribution in [0.1, 0.15) is 57.4 Å². The zero-order chi connectivity index (χ0) is 21.3. The first kappa shape index (κ1) is 25.2. The third-order valence-electron chi connectivity index (χ3n) is 4.96. The molecule has 6 heteroatoms. The number of methoxy groups -OCH3 is 2. The van der Waals surface area contributed by atoms with Crippen molar-refractivity contribution in [3.8, 4) is 11.5 Å². The van der Waals surface area contributed by atoms with Crippen LogP contribution in [0.2, 0.25) is 0 Å². The number of aryl methyl sites for hydroxylation is 1. The Hall–Kier alpha value is -1.79. The van der Waals surface area contributed by atoms with Gasteiger partial charge in [-0.05, 0) is 49.9 Å². The number of carbonyl (C=O) groups excluding carboxylic acids is 1. The standard InChI is InChI=1S/C23H40N2O4/c1-19(23(26)25-15-8-14-24)10-6-4-5-7-11-20-12-13-21(28-3)22(18-20)29-17-9-16-27-2/h12-13,18-19H,4-11,14-17,24H2,1-3H3,(H,25,26)/t19-/m1/s1. The molecule has 3 N–H and O–H groups in total. The van der Waals surface area contributed by atoms with Crippen molar-refractivity contribution in [2.24, 2.45) is 11.7 Å². The van der Waals surface area contributed by atoms with E-state index in [1.54, 1.807) is 14.2 Å². The summed E-state index contributed by atoms with van der Waals surface area (Å²) in [7, 11) is 3.36. The van der Waals surface area contributed by atoms with E-state index in [9.17, 15) is 4.79 Å². The molecule has 0 saturated carbocycles. The Bertz CT molecular complexity index is 566. The van der Waals surface area contributed by atoms with E-state index in [1.165, 1.54) is 5.56 Å². The zero-order valence-corrected chi connectivity index (χ0v) is 18.5. The van der Waals surface area contributed by atoms with Crippen molar-refractivity contribution in [2.45, 2.75) is 58.3 Å². The van der Waals surface area contributed by atoms with Crippen molar-refractivity contribution in [3.05, 3.63) is 23.8 Å². The minimum absolute atomic E-state index is 0.0761. The van der Waals surface area contributed by atoms with Gasteiger partial charge in [0, 0.05) is 32.6 Å². The topological polar surface area (TPSA) is 82.8 Å². The summed E-state index contributed by atoms with van der Waals surface area (Å²) in [5.41, 5.74) is 6.71. The zero-order valence-electron chi connectivity index (χ0n) is 18.5. The van der Waals surface area contributed by atoms with Crippen molar-refractivity contribution < 1.29 is 19.0 Å². The molecule has 0 bridgehead atoms. The molecule has 0 spiro atoms. The lowest BCUT2D eigenvalue weighted by Crippen LogP contribution is -2.30. The molecule has 6 nitrogen and oxygen atoms in total. The molecule has 0 unspecified atom stereocenters. The Labute approximate surface area is 176 Å². The molecule has 1 rings (SSSR count). The fraction of sp³-hybridized carbons (Fsp3) is 0.696. The number of rotatable bonds is 17. The lowest BCUT2D eigenvalue weighted by Gasteiger charge is -2.13. The maximum atomic E-state index is 11.9. The first-order valence-electron chi connectivity index (χ1n) is 10.9. The Morgan fingerprint density at radius 3 is 2.55 bits per heavy atom. The second kappa shape index (κ2) is 16.1. The summed E-state index contributed by atoms with van der Waals surface area (Å²) in [5, 5.41) is 2.95. The van der Waals surface area contributed by atoms with Crippen LogP contribution in [0.3, 0.4) is 0 Å². The van der Waals surface area contributed by atoms with E-state index in [0.29, 0.717) is 26.3 Å². The summed E-state index contributed by atoms with van der Waals surface area (Å²) in [6, 6.07) is 6.17. The van der Waals surface area contributed by atoms with Gasteiger partial charge in [0.05, 0.1) is 13.7 Å². The van der Waals surface area contributed by atoms with Crippen molar-refractivity contribution in [1.29, 1.82) is 0 Å². The molecule has 0 aliphatic heterocycles. The van der Waals surface area contributed by atoms with Crippen molar-refractivity contribution in [1.82, 2.24) is 5.32 Å². The van der Waals surface area contributed by atoms with Gasteiger partial charge >= 0.3 is 0 Å². The molecule has 0 saturated heterocycles. The number of hydrogen-bond acceptors (Lipinski definition) is 5. The minimum atomic E-state index is 0.0761. The first-order chi connectivity index (χ1) is 14.1. The number of nitrogens with one attached hydrogen (secondary N) is 1. The highest BCUT2D eigenvalue weighted by atomic mass is 16.5. The monoisotopic (exact) mass is 408 g/mol. The highest BCUT2D eigenvalue weighted by Gasteiger charge is 2.11. The Kier molecular flexibility index (Phi) is 14.0. The normalized spacial score (nSPS) is 11.9. The summed E-state index contributed by atoms with van der Waals surface area (Å²) >= 11 is 0. The largest absolute Gasteiger partial charge is 0.493 e. The number of benzene rings is 1. The predicted octanol–water partition coefficient (Wildman–Crippen LogP) is 3.70. The van der Waals surface area contributed by atoms with Crippen LogP contribution in [0.25, 0.3) is 0 Å².